The summed E-state index contributed by atoms with van der Waals surface area (Å²) in [6.07, 6.45) is 3.75. The molecule has 3 rings (SSSR count). The van der Waals surface area contributed by atoms with Crippen LogP contribution in [0.3, 0.4) is 0 Å². The molecule has 0 aliphatic carbocycles. The van der Waals surface area contributed by atoms with Crippen LogP contribution in [-0.2, 0) is 9.31 Å². The number of allylic oxidation sites excluding steroid dienone is 1. The van der Waals surface area contributed by atoms with E-state index < -0.39 is 0 Å². The first-order chi connectivity index (χ1) is 11.3. The fourth-order valence-corrected chi connectivity index (χ4v) is 3.32. The highest BCUT2D eigenvalue weighted by Crippen LogP contribution is 2.40. The summed E-state index contributed by atoms with van der Waals surface area (Å²) in [4.78, 5) is 0. The van der Waals surface area contributed by atoms with Gasteiger partial charge in [-0.25, -0.2) is 0 Å². The summed E-state index contributed by atoms with van der Waals surface area (Å²) in [5.41, 5.74) is 0.767. The molecule has 24 heavy (non-hydrogen) atoms. The number of benzene rings is 2. The molecule has 1 aliphatic rings. The Bertz CT molecular complexity index is 719. The van der Waals surface area contributed by atoms with Gasteiger partial charge in [0.05, 0.1) is 11.2 Å². The van der Waals surface area contributed by atoms with Crippen LogP contribution >= 0.6 is 0 Å². The third kappa shape index (κ3) is 3.29. The van der Waals surface area contributed by atoms with Crippen molar-refractivity contribution in [3.63, 3.8) is 0 Å². The topological polar surface area (TPSA) is 18.5 Å². The quantitative estimate of drug-likeness (QED) is 0.527. The molecule has 0 N–H and O–H groups in total. The van der Waals surface area contributed by atoms with E-state index in [4.69, 9.17) is 9.31 Å². The average molecular weight is 322 g/mol. The van der Waals surface area contributed by atoms with Crippen molar-refractivity contribution in [2.75, 3.05) is 0 Å². The molecule has 1 atom stereocenters. The largest absolute Gasteiger partial charge is 0.458 e. The molecule has 1 aliphatic heterocycles. The third-order valence-electron chi connectivity index (χ3n) is 5.48. The lowest BCUT2D eigenvalue weighted by molar-refractivity contribution is 0.00578. The van der Waals surface area contributed by atoms with Gasteiger partial charge in [-0.15, -0.1) is 6.58 Å². The molecule has 1 saturated heterocycles. The van der Waals surface area contributed by atoms with Gasteiger partial charge in [0.25, 0.3) is 0 Å². The van der Waals surface area contributed by atoms with Gasteiger partial charge in [0.2, 0.25) is 0 Å². The minimum Gasteiger partial charge on any atom is -0.403 e. The SMILES string of the molecule is C=CC[C@H](CB1OC(C)(C)C(C)(C)O1)c1ccc2ccccc2c1. The van der Waals surface area contributed by atoms with Gasteiger partial charge in [-0.3, -0.25) is 0 Å². The second-order valence-corrected chi connectivity index (χ2v) is 7.75. The number of fused-ring (bicyclic) bond motifs is 1. The van der Waals surface area contributed by atoms with Crippen LogP contribution in [0.5, 0.6) is 0 Å². The zero-order chi connectivity index (χ0) is 17.4. The first-order valence-electron chi connectivity index (χ1n) is 8.77. The minimum absolute atomic E-state index is 0.175. The van der Waals surface area contributed by atoms with E-state index >= 15 is 0 Å². The zero-order valence-corrected chi connectivity index (χ0v) is 15.2. The van der Waals surface area contributed by atoms with Gasteiger partial charge in [0.15, 0.2) is 0 Å². The van der Waals surface area contributed by atoms with E-state index in [-0.39, 0.29) is 18.3 Å². The molecule has 2 aromatic carbocycles. The maximum Gasteiger partial charge on any atom is 0.458 e. The summed E-state index contributed by atoms with van der Waals surface area (Å²) in [5.74, 6) is 0.349. The van der Waals surface area contributed by atoms with Crippen molar-refractivity contribution in [2.24, 2.45) is 0 Å². The zero-order valence-electron chi connectivity index (χ0n) is 15.2. The normalized spacial score (nSPS) is 20.2. The van der Waals surface area contributed by atoms with E-state index in [1.807, 2.05) is 6.08 Å². The lowest BCUT2D eigenvalue weighted by Crippen LogP contribution is -2.41. The smallest absolute Gasteiger partial charge is 0.403 e. The molecule has 0 radical (unpaired) electrons. The van der Waals surface area contributed by atoms with Crippen LogP contribution < -0.4 is 0 Å². The lowest BCUT2D eigenvalue weighted by atomic mass is 9.73. The van der Waals surface area contributed by atoms with Crippen molar-refractivity contribution in [3.05, 3.63) is 60.7 Å². The molecule has 1 fully saturated rings. The molecule has 1 heterocycles. The molecule has 2 aromatic rings. The number of hydrogen-bond donors (Lipinski definition) is 0. The van der Waals surface area contributed by atoms with Crippen molar-refractivity contribution < 1.29 is 9.31 Å². The Balaban J connectivity index is 1.83. The maximum absolute atomic E-state index is 6.19. The molecule has 0 bridgehead atoms. The molecule has 0 aromatic heterocycles. The molecular formula is C21H27BO2. The number of rotatable bonds is 5. The van der Waals surface area contributed by atoms with E-state index in [1.165, 1.54) is 16.3 Å². The van der Waals surface area contributed by atoms with Crippen molar-refractivity contribution in [1.29, 1.82) is 0 Å². The van der Waals surface area contributed by atoms with Gasteiger partial charge >= 0.3 is 7.12 Å². The van der Waals surface area contributed by atoms with E-state index in [2.05, 4.69) is 76.7 Å². The summed E-state index contributed by atoms with van der Waals surface area (Å²) in [5, 5.41) is 2.55. The fourth-order valence-electron chi connectivity index (χ4n) is 3.32. The van der Waals surface area contributed by atoms with E-state index in [0.717, 1.165) is 12.7 Å². The average Bonchev–Trinajstić information content (AvgIpc) is 2.73. The maximum atomic E-state index is 6.19. The van der Waals surface area contributed by atoms with Gasteiger partial charge in [-0.2, -0.15) is 0 Å². The van der Waals surface area contributed by atoms with Crippen LogP contribution in [-0.4, -0.2) is 18.3 Å². The third-order valence-corrected chi connectivity index (χ3v) is 5.48. The highest BCUT2D eigenvalue weighted by molar-refractivity contribution is 6.45. The second kappa shape index (κ2) is 6.38. The molecule has 0 unspecified atom stereocenters. The molecule has 126 valence electrons. The van der Waals surface area contributed by atoms with Gasteiger partial charge < -0.3 is 9.31 Å². The summed E-state index contributed by atoms with van der Waals surface area (Å²) < 4.78 is 12.4. The van der Waals surface area contributed by atoms with Gasteiger partial charge in [0.1, 0.15) is 0 Å². The summed E-state index contributed by atoms with van der Waals surface area (Å²) >= 11 is 0. The Labute approximate surface area is 146 Å². The monoisotopic (exact) mass is 322 g/mol. The van der Waals surface area contributed by atoms with Gasteiger partial charge in [-0.05, 0) is 62.7 Å². The molecular weight excluding hydrogens is 295 g/mol. The van der Waals surface area contributed by atoms with Crippen molar-refractivity contribution in [2.45, 2.75) is 57.6 Å². The molecule has 0 saturated carbocycles. The van der Waals surface area contributed by atoms with Crippen molar-refractivity contribution >= 4 is 17.9 Å². The summed E-state index contributed by atoms with van der Waals surface area (Å²) in [7, 11) is -0.175. The first-order valence-corrected chi connectivity index (χ1v) is 8.77. The van der Waals surface area contributed by atoms with Crippen LogP contribution in [0.2, 0.25) is 6.32 Å². The van der Waals surface area contributed by atoms with Gasteiger partial charge in [-0.1, -0.05) is 48.5 Å². The molecule has 0 amide bonds. The second-order valence-electron chi connectivity index (χ2n) is 7.75. The van der Waals surface area contributed by atoms with Crippen LogP contribution in [0.1, 0.15) is 45.6 Å². The summed E-state index contributed by atoms with van der Waals surface area (Å²) in [6.45, 7) is 12.3. The number of hydrogen-bond acceptors (Lipinski definition) is 2. The van der Waals surface area contributed by atoms with Crippen molar-refractivity contribution in [1.82, 2.24) is 0 Å². The Morgan fingerprint density at radius 3 is 2.25 bits per heavy atom. The Hall–Kier alpha value is -1.58. The molecule has 3 heteroatoms. The predicted octanol–water partition coefficient (Wildman–Crippen LogP) is 5.59. The predicted molar refractivity (Wildman–Crippen MR) is 102 cm³/mol. The van der Waals surface area contributed by atoms with Crippen LogP contribution in [0, 0.1) is 0 Å². The Kier molecular flexibility index (Phi) is 4.59. The van der Waals surface area contributed by atoms with Crippen molar-refractivity contribution in [3.8, 4) is 0 Å². The first kappa shape index (κ1) is 17.3. The lowest BCUT2D eigenvalue weighted by Gasteiger charge is -2.32. The standard InChI is InChI=1S/C21H27BO2/c1-6-9-19(15-22-23-20(2,3)21(4,5)24-22)18-13-12-16-10-7-8-11-17(16)14-18/h6-8,10-14,19H,1,9,15H2,2-5H3/t19-/m1/s1. The Morgan fingerprint density at radius 1 is 1.00 bits per heavy atom. The fraction of sp³-hybridized carbons (Fsp3) is 0.429. The summed E-state index contributed by atoms with van der Waals surface area (Å²) in [6, 6.07) is 15.2. The van der Waals surface area contributed by atoms with Crippen LogP contribution in [0.4, 0.5) is 0 Å². The highest BCUT2D eigenvalue weighted by Gasteiger charge is 2.51. The van der Waals surface area contributed by atoms with Crippen LogP contribution in [0.15, 0.2) is 55.1 Å². The van der Waals surface area contributed by atoms with Crippen LogP contribution in [0.25, 0.3) is 10.8 Å². The van der Waals surface area contributed by atoms with E-state index in [1.54, 1.807) is 0 Å². The molecule has 0 spiro atoms. The Morgan fingerprint density at radius 2 is 1.62 bits per heavy atom. The van der Waals surface area contributed by atoms with E-state index in [9.17, 15) is 0 Å². The van der Waals surface area contributed by atoms with E-state index in [0.29, 0.717) is 5.92 Å². The molecule has 2 nitrogen and oxygen atoms in total. The minimum atomic E-state index is -0.278. The van der Waals surface area contributed by atoms with Gasteiger partial charge in [0, 0.05) is 0 Å². The highest BCUT2D eigenvalue weighted by atomic mass is 16.7.